The highest BCUT2D eigenvalue weighted by Crippen LogP contribution is 2.55. The topological polar surface area (TPSA) is 6.48 Å². The van der Waals surface area contributed by atoms with E-state index in [1.165, 1.54) is 39.3 Å². The van der Waals surface area contributed by atoms with Crippen LogP contribution in [0.15, 0.2) is 156 Å². The second kappa shape index (κ2) is 8.60. The summed E-state index contributed by atoms with van der Waals surface area (Å²) in [5, 5.41) is 0. The number of benzene rings is 3. The second-order valence-electron chi connectivity index (χ2n) is 12.1. The van der Waals surface area contributed by atoms with E-state index in [1.54, 1.807) is 0 Å². The van der Waals surface area contributed by atoms with E-state index in [-0.39, 0.29) is 16.9 Å². The lowest BCUT2D eigenvalue weighted by atomic mass is 9.70. The highest BCUT2D eigenvalue weighted by atomic mass is 15.2. The SMILES string of the molecule is CC12C=CC=CC1N(c1ccccc1)C1CC=C(C3=CC4(C)c5ccccc5N(c5ccccc5)C4C=C3)C=C12. The standard InChI is InChI=1S/C38H34N2/c1-37-24-12-11-19-35(37)40(30-15-7-4-8-16-30)34-22-20-27(25-32(34)37)28-21-23-36-38(2,26-28)31-17-9-10-18-33(31)39(36)29-13-5-3-6-14-29/h3-21,23-26,34-36H,22H2,1-2H3. The first-order chi connectivity index (χ1) is 19.6. The first-order valence-corrected chi connectivity index (χ1v) is 14.5. The van der Waals surface area contributed by atoms with Gasteiger partial charge in [-0.1, -0.05) is 109 Å². The van der Waals surface area contributed by atoms with Crippen molar-refractivity contribution < 1.29 is 0 Å². The van der Waals surface area contributed by atoms with Crippen LogP contribution in [0.3, 0.4) is 0 Å². The molecule has 2 heterocycles. The molecule has 0 N–H and O–H groups in total. The van der Waals surface area contributed by atoms with Gasteiger partial charge in [0.2, 0.25) is 0 Å². The van der Waals surface area contributed by atoms with Crippen molar-refractivity contribution in [3.63, 3.8) is 0 Å². The van der Waals surface area contributed by atoms with Crippen molar-refractivity contribution in [1.29, 1.82) is 0 Å². The zero-order valence-electron chi connectivity index (χ0n) is 23.1. The third kappa shape index (κ3) is 3.23. The fourth-order valence-electron chi connectivity index (χ4n) is 7.97. The molecule has 5 unspecified atom stereocenters. The van der Waals surface area contributed by atoms with Gasteiger partial charge in [0.25, 0.3) is 0 Å². The van der Waals surface area contributed by atoms with Crippen molar-refractivity contribution in [3.8, 4) is 0 Å². The minimum atomic E-state index is -0.113. The van der Waals surface area contributed by atoms with Crippen LogP contribution in [0.1, 0.15) is 25.8 Å². The number of fused-ring (bicyclic) bond motifs is 6. The highest BCUT2D eigenvalue weighted by Gasteiger charge is 2.52. The molecule has 5 atom stereocenters. The molecule has 0 saturated carbocycles. The Labute approximate surface area is 237 Å². The third-order valence-corrected chi connectivity index (χ3v) is 9.92. The van der Waals surface area contributed by atoms with Crippen molar-refractivity contribution in [3.05, 3.63) is 162 Å². The van der Waals surface area contributed by atoms with Gasteiger partial charge in [-0.25, -0.2) is 0 Å². The van der Waals surface area contributed by atoms with Gasteiger partial charge in [0.15, 0.2) is 0 Å². The van der Waals surface area contributed by atoms with Crippen molar-refractivity contribution >= 4 is 17.1 Å². The molecule has 1 fully saturated rings. The minimum absolute atomic E-state index is 0.0236. The number of nitrogens with zero attached hydrogens (tertiary/aromatic N) is 2. The molecule has 5 aliphatic rings. The van der Waals surface area contributed by atoms with Gasteiger partial charge >= 0.3 is 0 Å². The number of allylic oxidation sites excluding steroid dienone is 6. The number of para-hydroxylation sites is 3. The molecule has 196 valence electrons. The molecule has 0 spiro atoms. The number of hydrogen-bond acceptors (Lipinski definition) is 2. The molecule has 3 aromatic carbocycles. The second-order valence-corrected chi connectivity index (χ2v) is 12.1. The Morgan fingerprint density at radius 1 is 0.700 bits per heavy atom. The number of hydrogen-bond donors (Lipinski definition) is 0. The van der Waals surface area contributed by atoms with Crippen molar-refractivity contribution in [2.45, 2.75) is 43.8 Å². The lowest BCUT2D eigenvalue weighted by Gasteiger charge is -2.36. The van der Waals surface area contributed by atoms with Gasteiger partial charge in [-0.2, -0.15) is 0 Å². The van der Waals surface area contributed by atoms with Crippen molar-refractivity contribution in [2.24, 2.45) is 5.41 Å². The zero-order chi connectivity index (χ0) is 26.9. The fourth-order valence-corrected chi connectivity index (χ4v) is 7.97. The maximum Gasteiger partial charge on any atom is 0.0655 e. The quantitative estimate of drug-likeness (QED) is 0.342. The molecule has 3 aromatic rings. The summed E-state index contributed by atoms with van der Waals surface area (Å²) in [7, 11) is 0. The summed E-state index contributed by atoms with van der Waals surface area (Å²) in [6.07, 6.45) is 22.6. The van der Waals surface area contributed by atoms with E-state index < -0.39 is 0 Å². The van der Waals surface area contributed by atoms with Crippen LogP contribution in [-0.2, 0) is 5.41 Å². The molecule has 0 amide bonds. The van der Waals surface area contributed by atoms with Crippen LogP contribution in [0, 0.1) is 5.41 Å². The Kier molecular flexibility index (Phi) is 5.07. The van der Waals surface area contributed by atoms with Gasteiger partial charge in [-0.15, -0.1) is 0 Å². The fraction of sp³-hybridized carbons (Fsp3) is 0.211. The van der Waals surface area contributed by atoms with Gasteiger partial charge in [0.1, 0.15) is 0 Å². The Morgan fingerprint density at radius 3 is 2.23 bits per heavy atom. The summed E-state index contributed by atoms with van der Waals surface area (Å²) in [6.45, 7) is 4.84. The first-order valence-electron chi connectivity index (χ1n) is 14.5. The van der Waals surface area contributed by atoms with Gasteiger partial charge < -0.3 is 9.80 Å². The monoisotopic (exact) mass is 518 g/mol. The molecule has 2 aliphatic heterocycles. The largest absolute Gasteiger partial charge is 0.357 e. The maximum absolute atomic E-state index is 2.65. The lowest BCUT2D eigenvalue weighted by Crippen LogP contribution is -2.40. The summed E-state index contributed by atoms with van der Waals surface area (Å²) in [5.74, 6) is 0. The number of rotatable bonds is 3. The molecule has 40 heavy (non-hydrogen) atoms. The molecule has 2 nitrogen and oxygen atoms in total. The van der Waals surface area contributed by atoms with E-state index in [4.69, 9.17) is 0 Å². The summed E-state index contributed by atoms with van der Waals surface area (Å²) in [5.41, 5.74) is 9.34. The van der Waals surface area contributed by atoms with Crippen LogP contribution >= 0.6 is 0 Å². The van der Waals surface area contributed by atoms with Gasteiger partial charge in [-0.05, 0) is 72.9 Å². The predicted octanol–water partition coefficient (Wildman–Crippen LogP) is 8.61. The van der Waals surface area contributed by atoms with E-state index in [2.05, 4.69) is 163 Å². The minimum Gasteiger partial charge on any atom is -0.357 e. The number of anilines is 3. The van der Waals surface area contributed by atoms with E-state index >= 15 is 0 Å². The normalized spacial score (nSPS) is 31.1. The van der Waals surface area contributed by atoms with E-state index in [1.807, 2.05) is 0 Å². The Balaban J connectivity index is 1.20. The molecular weight excluding hydrogens is 484 g/mol. The van der Waals surface area contributed by atoms with Crippen molar-refractivity contribution in [2.75, 3.05) is 9.80 Å². The molecule has 3 aliphatic carbocycles. The Hall–Kier alpha value is -4.30. The summed E-state index contributed by atoms with van der Waals surface area (Å²) < 4.78 is 0. The smallest absolute Gasteiger partial charge is 0.0655 e. The lowest BCUT2D eigenvalue weighted by molar-refractivity contribution is 0.495. The first kappa shape index (κ1) is 23.6. The maximum atomic E-state index is 2.65. The van der Waals surface area contributed by atoms with E-state index in [0.717, 1.165) is 6.42 Å². The molecule has 0 aromatic heterocycles. The predicted molar refractivity (Wildman–Crippen MR) is 167 cm³/mol. The van der Waals surface area contributed by atoms with E-state index in [9.17, 15) is 0 Å². The molecule has 0 radical (unpaired) electrons. The van der Waals surface area contributed by atoms with E-state index in [0.29, 0.717) is 12.1 Å². The molecule has 8 rings (SSSR count). The summed E-state index contributed by atoms with van der Waals surface area (Å²) in [4.78, 5) is 5.16. The molecule has 1 saturated heterocycles. The average Bonchev–Trinajstić information content (AvgIpc) is 3.42. The highest BCUT2D eigenvalue weighted by molar-refractivity contribution is 5.78. The summed E-state index contributed by atoms with van der Waals surface area (Å²) >= 11 is 0. The third-order valence-electron chi connectivity index (χ3n) is 9.92. The molecular formula is C38H34N2. The van der Waals surface area contributed by atoms with Crippen LogP contribution in [-0.4, -0.2) is 18.1 Å². The molecule has 0 bridgehead atoms. The Bertz CT molecular complexity index is 1670. The zero-order valence-corrected chi connectivity index (χ0v) is 23.1. The molecule has 2 heteroatoms. The van der Waals surface area contributed by atoms with Gasteiger partial charge in [-0.3, -0.25) is 0 Å². The van der Waals surface area contributed by atoms with Crippen LogP contribution in [0.25, 0.3) is 0 Å². The van der Waals surface area contributed by atoms with Crippen molar-refractivity contribution in [1.82, 2.24) is 0 Å². The van der Waals surface area contributed by atoms with Crippen LogP contribution in [0.2, 0.25) is 0 Å². The van der Waals surface area contributed by atoms with Crippen LogP contribution in [0.5, 0.6) is 0 Å². The summed E-state index contributed by atoms with van der Waals surface area (Å²) in [6, 6.07) is 31.7. The average molecular weight is 519 g/mol. The van der Waals surface area contributed by atoms with Gasteiger partial charge in [0.05, 0.1) is 18.1 Å². The van der Waals surface area contributed by atoms with Crippen LogP contribution in [0.4, 0.5) is 17.1 Å². The van der Waals surface area contributed by atoms with Crippen LogP contribution < -0.4 is 9.80 Å². The van der Waals surface area contributed by atoms with Gasteiger partial charge in [0, 0.05) is 27.9 Å². The Morgan fingerprint density at radius 2 is 1.43 bits per heavy atom.